The molecular formula is C20H32FIN4O. The molecule has 5 nitrogen and oxygen atoms in total. The van der Waals surface area contributed by atoms with Crippen molar-refractivity contribution in [1.82, 2.24) is 10.6 Å². The summed E-state index contributed by atoms with van der Waals surface area (Å²) in [5.74, 6) is 0.904. The highest BCUT2D eigenvalue weighted by atomic mass is 127. The Labute approximate surface area is 178 Å². The number of piperidine rings is 1. The summed E-state index contributed by atoms with van der Waals surface area (Å²) in [6, 6.07) is 7.09. The lowest BCUT2D eigenvalue weighted by Crippen LogP contribution is -2.51. The largest absolute Gasteiger partial charge is 0.393 e. The molecule has 0 bridgehead atoms. The molecule has 0 radical (unpaired) electrons. The molecule has 2 fully saturated rings. The third kappa shape index (κ3) is 6.48. The van der Waals surface area contributed by atoms with Crippen LogP contribution in [0.4, 0.5) is 10.1 Å². The summed E-state index contributed by atoms with van der Waals surface area (Å²) in [7, 11) is 0. The number of benzene rings is 1. The van der Waals surface area contributed by atoms with Gasteiger partial charge >= 0.3 is 0 Å². The van der Waals surface area contributed by atoms with Crippen LogP contribution in [0, 0.1) is 11.7 Å². The first-order valence-electron chi connectivity index (χ1n) is 9.89. The molecule has 1 aromatic rings. The number of hydrogen-bond acceptors (Lipinski definition) is 3. The van der Waals surface area contributed by atoms with E-state index in [4.69, 9.17) is 4.99 Å². The second-order valence-electron chi connectivity index (χ2n) is 7.39. The minimum absolute atomic E-state index is 0. The number of nitrogens with zero attached hydrogens (tertiary/aromatic N) is 2. The summed E-state index contributed by atoms with van der Waals surface area (Å²) in [5, 5.41) is 16.8. The second kappa shape index (κ2) is 11.0. The topological polar surface area (TPSA) is 59.9 Å². The van der Waals surface area contributed by atoms with Gasteiger partial charge in [-0.25, -0.2) is 4.39 Å². The predicted octanol–water partition coefficient (Wildman–Crippen LogP) is 3.13. The Morgan fingerprint density at radius 3 is 2.85 bits per heavy atom. The number of rotatable bonds is 5. The highest BCUT2D eigenvalue weighted by molar-refractivity contribution is 14.0. The maximum absolute atomic E-state index is 13.5. The summed E-state index contributed by atoms with van der Waals surface area (Å²) >= 11 is 0. The fourth-order valence-electron chi connectivity index (χ4n) is 3.95. The molecular weight excluding hydrogens is 458 g/mol. The maximum atomic E-state index is 13.5. The standard InChI is InChI=1S/C20H31FN4O.HI/c1-2-22-20(23-13-15-6-3-10-19(15)26)24-17-8-5-11-25(14-17)18-9-4-7-16(21)12-18;/h4,7,9,12,15,17,19,26H,2-3,5-6,8,10-11,13-14H2,1H3,(H2,22,23,24);1H. The van der Waals surface area contributed by atoms with Crippen LogP contribution in [-0.2, 0) is 0 Å². The summed E-state index contributed by atoms with van der Waals surface area (Å²) in [6.07, 6.45) is 4.98. The number of aliphatic imine (C=N–C) groups is 1. The van der Waals surface area contributed by atoms with Gasteiger partial charge < -0.3 is 20.6 Å². The van der Waals surface area contributed by atoms with E-state index >= 15 is 0 Å². The van der Waals surface area contributed by atoms with Crippen LogP contribution < -0.4 is 15.5 Å². The van der Waals surface area contributed by atoms with Crippen molar-refractivity contribution in [1.29, 1.82) is 0 Å². The van der Waals surface area contributed by atoms with Gasteiger partial charge in [-0.1, -0.05) is 12.5 Å². The Morgan fingerprint density at radius 1 is 1.30 bits per heavy atom. The zero-order valence-corrected chi connectivity index (χ0v) is 18.4. The van der Waals surface area contributed by atoms with Crippen molar-refractivity contribution in [2.24, 2.45) is 10.9 Å². The first-order valence-corrected chi connectivity index (χ1v) is 9.89. The molecule has 0 aromatic heterocycles. The minimum Gasteiger partial charge on any atom is -0.393 e. The van der Waals surface area contributed by atoms with Crippen LogP contribution >= 0.6 is 24.0 Å². The highest BCUT2D eigenvalue weighted by Crippen LogP contribution is 2.25. The average molecular weight is 490 g/mol. The molecule has 3 rings (SSSR count). The molecule has 1 saturated carbocycles. The molecule has 27 heavy (non-hydrogen) atoms. The Balaban J connectivity index is 0.00000261. The zero-order chi connectivity index (χ0) is 18.4. The second-order valence-corrected chi connectivity index (χ2v) is 7.39. The van der Waals surface area contributed by atoms with Crippen LogP contribution in [0.5, 0.6) is 0 Å². The Bertz CT molecular complexity index is 615. The van der Waals surface area contributed by atoms with Crippen molar-refractivity contribution in [3.63, 3.8) is 0 Å². The van der Waals surface area contributed by atoms with Crippen LogP contribution in [0.25, 0.3) is 0 Å². The van der Waals surface area contributed by atoms with E-state index in [1.807, 2.05) is 6.07 Å². The molecule has 3 unspecified atom stereocenters. The number of hydrogen-bond donors (Lipinski definition) is 3. The van der Waals surface area contributed by atoms with Gasteiger partial charge in [0.25, 0.3) is 0 Å². The maximum Gasteiger partial charge on any atom is 0.191 e. The quantitative estimate of drug-likeness (QED) is 0.337. The molecule has 3 N–H and O–H groups in total. The van der Waals surface area contributed by atoms with E-state index in [0.717, 1.165) is 63.4 Å². The fraction of sp³-hybridized carbons (Fsp3) is 0.650. The molecule has 1 aliphatic carbocycles. The van der Waals surface area contributed by atoms with E-state index < -0.39 is 0 Å². The van der Waals surface area contributed by atoms with Crippen LogP contribution in [0.3, 0.4) is 0 Å². The molecule has 1 aliphatic heterocycles. The number of halogens is 2. The number of guanidine groups is 1. The molecule has 3 atom stereocenters. The highest BCUT2D eigenvalue weighted by Gasteiger charge is 2.25. The van der Waals surface area contributed by atoms with Crippen molar-refractivity contribution in [2.75, 3.05) is 31.1 Å². The first-order chi connectivity index (χ1) is 12.7. The zero-order valence-electron chi connectivity index (χ0n) is 16.0. The SMILES string of the molecule is CCNC(=NCC1CCCC1O)NC1CCCN(c2cccc(F)c2)C1.I. The van der Waals surface area contributed by atoms with E-state index in [0.29, 0.717) is 6.54 Å². The molecule has 2 aliphatic rings. The van der Waals surface area contributed by atoms with Gasteiger partial charge in [-0.05, 0) is 50.8 Å². The van der Waals surface area contributed by atoms with Crippen LogP contribution in [0.2, 0.25) is 0 Å². The molecule has 1 saturated heterocycles. The van der Waals surface area contributed by atoms with Gasteiger partial charge in [-0.2, -0.15) is 0 Å². The summed E-state index contributed by atoms with van der Waals surface area (Å²) in [6.45, 7) is 5.31. The lowest BCUT2D eigenvalue weighted by atomic mass is 10.0. The predicted molar refractivity (Wildman–Crippen MR) is 120 cm³/mol. The van der Waals surface area contributed by atoms with Gasteiger partial charge in [0.15, 0.2) is 5.96 Å². The third-order valence-corrected chi connectivity index (χ3v) is 5.38. The Morgan fingerprint density at radius 2 is 2.15 bits per heavy atom. The average Bonchev–Trinajstić information content (AvgIpc) is 3.05. The first kappa shape index (κ1) is 22.2. The minimum atomic E-state index is -0.209. The molecule has 7 heteroatoms. The number of nitrogens with one attached hydrogen (secondary N) is 2. The van der Waals surface area contributed by atoms with Crippen molar-refractivity contribution < 1.29 is 9.50 Å². The summed E-state index contributed by atoms with van der Waals surface area (Å²) < 4.78 is 13.5. The third-order valence-electron chi connectivity index (χ3n) is 5.38. The van der Waals surface area contributed by atoms with Gasteiger partial charge in [-0.15, -0.1) is 24.0 Å². The Kier molecular flexibility index (Phi) is 9.08. The van der Waals surface area contributed by atoms with Crippen molar-refractivity contribution in [3.8, 4) is 0 Å². The molecule has 1 aromatic carbocycles. The van der Waals surface area contributed by atoms with Crippen LogP contribution in [0.1, 0.15) is 39.0 Å². The molecule has 0 amide bonds. The van der Waals surface area contributed by atoms with Crippen LogP contribution in [-0.4, -0.2) is 49.4 Å². The van der Waals surface area contributed by atoms with Crippen molar-refractivity contribution in [2.45, 2.75) is 51.2 Å². The number of anilines is 1. The van der Waals surface area contributed by atoms with Gasteiger partial charge in [0, 0.05) is 43.8 Å². The monoisotopic (exact) mass is 490 g/mol. The van der Waals surface area contributed by atoms with Gasteiger partial charge in [0.05, 0.1) is 6.10 Å². The van der Waals surface area contributed by atoms with E-state index in [1.165, 1.54) is 6.07 Å². The van der Waals surface area contributed by atoms with Gasteiger partial charge in [0.2, 0.25) is 0 Å². The number of aliphatic hydroxyl groups is 1. The van der Waals surface area contributed by atoms with Crippen molar-refractivity contribution in [3.05, 3.63) is 30.1 Å². The Hall–Kier alpha value is -1.09. The van der Waals surface area contributed by atoms with Gasteiger partial charge in [-0.3, -0.25) is 4.99 Å². The summed E-state index contributed by atoms with van der Waals surface area (Å²) in [4.78, 5) is 6.94. The summed E-state index contributed by atoms with van der Waals surface area (Å²) in [5.41, 5.74) is 0.938. The fourth-order valence-corrected chi connectivity index (χ4v) is 3.95. The van der Waals surface area contributed by atoms with E-state index in [1.54, 1.807) is 12.1 Å². The number of aliphatic hydroxyl groups excluding tert-OH is 1. The van der Waals surface area contributed by atoms with E-state index in [-0.39, 0.29) is 47.9 Å². The van der Waals surface area contributed by atoms with Crippen molar-refractivity contribution >= 4 is 35.6 Å². The molecule has 152 valence electrons. The van der Waals surface area contributed by atoms with E-state index in [9.17, 15) is 9.50 Å². The van der Waals surface area contributed by atoms with Gasteiger partial charge in [0.1, 0.15) is 5.82 Å². The molecule has 0 spiro atoms. The van der Waals surface area contributed by atoms with Crippen LogP contribution in [0.15, 0.2) is 29.3 Å². The lowest BCUT2D eigenvalue weighted by molar-refractivity contribution is 0.136. The normalized spacial score (nSPS) is 25.8. The lowest BCUT2D eigenvalue weighted by Gasteiger charge is -2.35. The smallest absolute Gasteiger partial charge is 0.191 e. The molecule has 1 heterocycles. The van der Waals surface area contributed by atoms with E-state index in [2.05, 4.69) is 22.5 Å².